The molecule has 5 amide bonds. The SMILES string of the molecule is C.CNCC1CNCCN1C(=O)Oc1ccc(CNC(=O)CCCC/C=C/C(C)C)cc1OC.COc1cc(CNC(=O)CCCC/C=C/C(C)C)ccc1OC(=O)N1CCNCC1CN(C)C(=O)OC(C)(C)C. The number of benzene rings is 2. The first-order valence-corrected chi connectivity index (χ1v) is 26.0. The van der Waals surface area contributed by atoms with E-state index in [9.17, 15) is 24.0 Å². The molecule has 5 N–H and O–H groups in total. The Kier molecular flexibility index (Phi) is 30.1. The molecule has 18 heteroatoms. The van der Waals surface area contributed by atoms with Gasteiger partial charge < -0.3 is 65.0 Å². The van der Waals surface area contributed by atoms with E-state index in [0.717, 1.165) is 62.7 Å². The third kappa shape index (κ3) is 24.9. The van der Waals surface area contributed by atoms with Crippen molar-refractivity contribution in [3.63, 3.8) is 0 Å². The van der Waals surface area contributed by atoms with Crippen molar-refractivity contribution in [3.05, 3.63) is 71.8 Å². The number of likely N-dealkylation sites (N-methyl/N-ethyl adjacent to an activating group) is 2. The number of unbranched alkanes of at least 4 members (excludes halogenated alkanes) is 4. The second kappa shape index (κ2) is 34.6. The first-order chi connectivity index (χ1) is 34.8. The molecule has 2 aromatic rings. The summed E-state index contributed by atoms with van der Waals surface area (Å²) in [5.41, 5.74) is 1.12. The number of allylic oxidation sites excluding steroid dienone is 4. The number of ether oxygens (including phenoxy) is 5. The fraction of sp³-hybridized carbons (Fsp3) is 0.625. The van der Waals surface area contributed by atoms with Gasteiger partial charge in [-0.05, 0) is 114 Å². The predicted molar refractivity (Wildman–Crippen MR) is 293 cm³/mol. The Morgan fingerprint density at radius 2 is 1.15 bits per heavy atom. The van der Waals surface area contributed by atoms with Crippen LogP contribution in [0.2, 0.25) is 0 Å². The van der Waals surface area contributed by atoms with Crippen LogP contribution in [0.1, 0.15) is 118 Å². The lowest BCUT2D eigenvalue weighted by Crippen LogP contribution is -2.58. The number of piperazine rings is 2. The number of carbonyl (C=O) groups excluding carboxylic acids is 5. The molecular weight excluding hydrogens is 945 g/mol. The molecule has 18 nitrogen and oxygen atoms in total. The molecule has 2 aliphatic rings. The average molecular weight is 1040 g/mol. The van der Waals surface area contributed by atoms with E-state index in [1.54, 1.807) is 47.2 Å². The van der Waals surface area contributed by atoms with E-state index >= 15 is 0 Å². The average Bonchev–Trinajstić information content (AvgIpc) is 3.35. The highest BCUT2D eigenvalue weighted by Gasteiger charge is 2.32. The molecule has 0 radical (unpaired) electrons. The van der Waals surface area contributed by atoms with Crippen molar-refractivity contribution in [2.75, 3.05) is 80.7 Å². The number of hydrogen-bond acceptors (Lipinski definition) is 13. The van der Waals surface area contributed by atoms with Crippen molar-refractivity contribution in [3.8, 4) is 23.0 Å². The van der Waals surface area contributed by atoms with Crippen molar-refractivity contribution in [1.82, 2.24) is 41.3 Å². The normalized spacial score (nSPS) is 15.7. The summed E-state index contributed by atoms with van der Waals surface area (Å²) in [5, 5.41) is 15.6. The number of rotatable bonds is 24. The van der Waals surface area contributed by atoms with E-state index < -0.39 is 17.8 Å². The highest BCUT2D eigenvalue weighted by atomic mass is 16.6. The van der Waals surface area contributed by atoms with Crippen molar-refractivity contribution < 1.29 is 47.7 Å². The maximum atomic E-state index is 13.2. The minimum Gasteiger partial charge on any atom is -0.493 e. The van der Waals surface area contributed by atoms with Gasteiger partial charge >= 0.3 is 18.3 Å². The van der Waals surface area contributed by atoms with Crippen LogP contribution in [0.5, 0.6) is 23.0 Å². The number of nitrogens with zero attached hydrogens (tertiary/aromatic N) is 3. The van der Waals surface area contributed by atoms with Gasteiger partial charge in [0.05, 0.1) is 26.3 Å². The van der Waals surface area contributed by atoms with E-state index in [-0.39, 0.29) is 43.2 Å². The smallest absolute Gasteiger partial charge is 0.415 e. The summed E-state index contributed by atoms with van der Waals surface area (Å²) in [7, 11) is 6.56. The fourth-order valence-corrected chi connectivity index (χ4v) is 7.84. The summed E-state index contributed by atoms with van der Waals surface area (Å²) in [6.07, 6.45) is 14.1. The summed E-state index contributed by atoms with van der Waals surface area (Å²) in [6, 6.07) is 10.3. The van der Waals surface area contributed by atoms with E-state index in [4.69, 9.17) is 23.7 Å². The van der Waals surface area contributed by atoms with Crippen LogP contribution in [0.4, 0.5) is 14.4 Å². The first kappa shape index (κ1) is 64.3. The van der Waals surface area contributed by atoms with Crippen LogP contribution >= 0.6 is 0 Å². The molecule has 0 saturated carbocycles. The monoisotopic (exact) mass is 1040 g/mol. The van der Waals surface area contributed by atoms with Crippen LogP contribution in [0.25, 0.3) is 0 Å². The van der Waals surface area contributed by atoms with Gasteiger partial charge in [-0.2, -0.15) is 0 Å². The summed E-state index contributed by atoms with van der Waals surface area (Å²) in [6.45, 7) is 19.4. The largest absolute Gasteiger partial charge is 0.493 e. The molecule has 2 heterocycles. The number of amides is 5. The molecule has 0 spiro atoms. The van der Waals surface area contributed by atoms with Gasteiger partial charge in [-0.15, -0.1) is 0 Å². The zero-order valence-electron chi connectivity index (χ0n) is 45.7. The standard InChI is InChI=1S/C30H48N4O6.C25H40N4O4.CH4/c1-22(2)12-10-8-9-11-13-27(35)32-19-23-14-15-25(26(18-23)38-7)39-29(37)34-17-16-31-20-24(34)21-33(6)28(36)40-30(3,4)5;1-19(2)9-7-5-6-8-10-24(30)28-16-20-11-12-22(23(15-20)32-4)33-25(31)29-14-13-27-18-21(29)17-26-3;/h10,12,14-15,18,22,24,31H,8-9,11,13,16-17,19-21H2,1-7H3,(H,32,35);7,9,11-12,15,19,21,26-27H,5-6,8,10,13-14,16-18H2,1-4H3,(H,28,30);1H4/b12-10+;9-7+;. The molecule has 0 aromatic heterocycles. The minimum atomic E-state index is -0.606. The van der Waals surface area contributed by atoms with E-state index in [1.165, 1.54) is 19.1 Å². The van der Waals surface area contributed by atoms with Gasteiger partial charge in [0.2, 0.25) is 11.8 Å². The van der Waals surface area contributed by atoms with Gasteiger partial charge in [0.15, 0.2) is 23.0 Å². The molecule has 0 bridgehead atoms. The van der Waals surface area contributed by atoms with Crippen molar-refractivity contribution in [2.24, 2.45) is 11.8 Å². The maximum Gasteiger partial charge on any atom is 0.415 e. The maximum absolute atomic E-state index is 13.2. The molecule has 4 rings (SSSR count). The molecule has 2 aliphatic heterocycles. The molecular formula is C56H92N8O10. The fourth-order valence-electron chi connectivity index (χ4n) is 7.84. The van der Waals surface area contributed by atoms with Gasteiger partial charge in [-0.1, -0.05) is 71.6 Å². The molecule has 2 fully saturated rings. The number of methoxy groups -OCH3 is 2. The quantitative estimate of drug-likeness (QED) is 0.0496. The first-order valence-electron chi connectivity index (χ1n) is 26.0. The number of nitrogens with one attached hydrogen (secondary N) is 5. The van der Waals surface area contributed by atoms with Crippen LogP contribution in [0.3, 0.4) is 0 Å². The van der Waals surface area contributed by atoms with Gasteiger partial charge in [-0.25, -0.2) is 14.4 Å². The zero-order valence-corrected chi connectivity index (χ0v) is 45.7. The predicted octanol–water partition coefficient (Wildman–Crippen LogP) is 8.44. The van der Waals surface area contributed by atoms with Crippen molar-refractivity contribution in [1.29, 1.82) is 0 Å². The second-order valence-corrected chi connectivity index (χ2v) is 20.1. The molecule has 2 unspecified atom stereocenters. The second-order valence-electron chi connectivity index (χ2n) is 20.1. The van der Waals surface area contributed by atoms with E-state index in [0.29, 0.717) is 94.3 Å². The number of carbonyl (C=O) groups is 5. The molecule has 0 aliphatic carbocycles. The highest BCUT2D eigenvalue weighted by Crippen LogP contribution is 2.30. The van der Waals surface area contributed by atoms with Gasteiger partial charge in [-0.3, -0.25) is 9.59 Å². The van der Waals surface area contributed by atoms with Gasteiger partial charge in [0.25, 0.3) is 0 Å². The van der Waals surface area contributed by atoms with Crippen molar-refractivity contribution in [2.45, 2.75) is 138 Å². The summed E-state index contributed by atoms with van der Waals surface area (Å²) in [5.74, 6) is 2.67. The molecule has 416 valence electrons. The topological polar surface area (TPSA) is 201 Å². The highest BCUT2D eigenvalue weighted by molar-refractivity contribution is 5.77. The Hall–Kier alpha value is -5.85. The van der Waals surface area contributed by atoms with Crippen LogP contribution in [0.15, 0.2) is 60.7 Å². The summed E-state index contributed by atoms with van der Waals surface area (Å²) in [4.78, 5) is 67.5. The lowest BCUT2D eigenvalue weighted by atomic mass is 10.1. The Labute approximate surface area is 443 Å². The van der Waals surface area contributed by atoms with Gasteiger partial charge in [0, 0.05) is 85.3 Å². The summed E-state index contributed by atoms with van der Waals surface area (Å²) < 4.78 is 27.7. The van der Waals surface area contributed by atoms with E-state index in [1.807, 2.05) is 33.9 Å². The molecule has 2 atom stereocenters. The molecule has 2 aromatic carbocycles. The molecule has 2 saturated heterocycles. The Morgan fingerprint density at radius 3 is 1.57 bits per heavy atom. The van der Waals surface area contributed by atoms with Crippen LogP contribution in [-0.4, -0.2) is 143 Å². The number of hydrogen-bond donors (Lipinski definition) is 5. The Bertz CT molecular complexity index is 2070. The summed E-state index contributed by atoms with van der Waals surface area (Å²) >= 11 is 0. The van der Waals surface area contributed by atoms with Gasteiger partial charge in [0.1, 0.15) is 5.60 Å². The molecule has 74 heavy (non-hydrogen) atoms. The lowest BCUT2D eigenvalue weighted by molar-refractivity contribution is -0.122. The zero-order chi connectivity index (χ0) is 53.8. The third-order valence-electron chi connectivity index (χ3n) is 11.7. The third-order valence-corrected chi connectivity index (χ3v) is 11.7. The van der Waals surface area contributed by atoms with Crippen LogP contribution < -0.4 is 45.5 Å². The van der Waals surface area contributed by atoms with Crippen LogP contribution in [0, 0.1) is 11.8 Å². The van der Waals surface area contributed by atoms with Crippen molar-refractivity contribution >= 4 is 30.1 Å². The van der Waals surface area contributed by atoms with Crippen LogP contribution in [-0.2, 0) is 27.4 Å². The lowest BCUT2D eigenvalue weighted by Gasteiger charge is -2.37. The Morgan fingerprint density at radius 1 is 0.703 bits per heavy atom. The Balaban J connectivity index is 0.000000509. The van der Waals surface area contributed by atoms with E-state index in [2.05, 4.69) is 78.6 Å². The minimum absolute atomic E-state index is 0.